The van der Waals surface area contributed by atoms with Gasteiger partial charge < -0.3 is 15.2 Å². The van der Waals surface area contributed by atoms with Gasteiger partial charge in [0.05, 0.1) is 0 Å². The van der Waals surface area contributed by atoms with E-state index in [1.165, 1.54) is 18.2 Å². The highest BCUT2D eigenvalue weighted by atomic mass is 79.9. The molecule has 0 spiro atoms. The number of ketones is 1. The Morgan fingerprint density at radius 2 is 2.07 bits per heavy atom. The van der Waals surface area contributed by atoms with Gasteiger partial charge in [-0.05, 0) is 81.1 Å². The molecule has 1 aromatic rings. The molecule has 28 heavy (non-hydrogen) atoms. The molecule has 0 aliphatic heterocycles. The molecule has 0 heterocycles. The Kier molecular flexibility index (Phi) is 7.04. The van der Waals surface area contributed by atoms with Gasteiger partial charge in [-0.25, -0.2) is 9.18 Å². The van der Waals surface area contributed by atoms with Crippen molar-refractivity contribution in [1.82, 2.24) is 5.32 Å². The van der Waals surface area contributed by atoms with Crippen molar-refractivity contribution >= 4 is 27.8 Å². The van der Waals surface area contributed by atoms with Crippen LogP contribution in [0.4, 0.5) is 9.18 Å². The standard InChI is InChI=1S/C21H27BrFNO4/c1-13(24-19(26)28-20(2,3)4)11-14-7-9-21(27,10-8-14)18(25)16-6-5-15(23)12-17(16)22/h5-7,12-13,27H,8-11H2,1-4H3,(H,24,26)/t13-,21?/m0/s1. The number of nitrogens with one attached hydrogen (secondary N) is 1. The van der Waals surface area contributed by atoms with Crippen LogP contribution in [0.2, 0.25) is 0 Å². The average molecular weight is 456 g/mol. The molecule has 0 aromatic heterocycles. The van der Waals surface area contributed by atoms with Gasteiger partial charge in [0.1, 0.15) is 17.0 Å². The number of aliphatic hydroxyl groups is 1. The lowest BCUT2D eigenvalue weighted by molar-refractivity contribution is 0.0261. The summed E-state index contributed by atoms with van der Waals surface area (Å²) in [6.45, 7) is 7.29. The molecular weight excluding hydrogens is 429 g/mol. The molecule has 7 heteroatoms. The minimum Gasteiger partial charge on any atom is -0.444 e. The van der Waals surface area contributed by atoms with Gasteiger partial charge in [-0.1, -0.05) is 11.6 Å². The first-order valence-corrected chi connectivity index (χ1v) is 10.1. The summed E-state index contributed by atoms with van der Waals surface area (Å²) in [4.78, 5) is 24.6. The van der Waals surface area contributed by atoms with Crippen molar-refractivity contribution in [3.8, 4) is 0 Å². The SMILES string of the molecule is C[C@@H](CC1=CCC(O)(C(=O)c2ccc(F)cc2Br)CC1)NC(=O)OC(C)(C)C. The van der Waals surface area contributed by atoms with E-state index in [1.807, 2.05) is 13.0 Å². The van der Waals surface area contributed by atoms with E-state index < -0.39 is 28.9 Å². The Morgan fingerprint density at radius 3 is 2.61 bits per heavy atom. The highest BCUT2D eigenvalue weighted by molar-refractivity contribution is 9.10. The van der Waals surface area contributed by atoms with Gasteiger partial charge in [-0.15, -0.1) is 0 Å². The minimum absolute atomic E-state index is 0.130. The number of carbonyl (C=O) groups excluding carboxylic acids is 2. The lowest BCUT2D eigenvalue weighted by atomic mass is 9.79. The van der Waals surface area contributed by atoms with E-state index in [0.717, 1.165) is 5.57 Å². The van der Waals surface area contributed by atoms with Crippen LogP contribution >= 0.6 is 15.9 Å². The Balaban J connectivity index is 1.97. The van der Waals surface area contributed by atoms with E-state index in [1.54, 1.807) is 20.8 Å². The van der Waals surface area contributed by atoms with E-state index in [4.69, 9.17) is 4.74 Å². The maximum Gasteiger partial charge on any atom is 0.407 e. The number of ether oxygens (including phenoxy) is 1. The molecule has 1 amide bonds. The molecule has 0 saturated heterocycles. The second-order valence-corrected chi connectivity index (χ2v) is 9.16. The number of carbonyl (C=O) groups is 2. The Hall–Kier alpha value is -1.73. The molecule has 0 saturated carbocycles. The first-order valence-electron chi connectivity index (χ1n) is 9.29. The second-order valence-electron chi connectivity index (χ2n) is 8.30. The molecule has 2 rings (SSSR count). The topological polar surface area (TPSA) is 75.6 Å². The zero-order valence-electron chi connectivity index (χ0n) is 16.6. The average Bonchev–Trinajstić information content (AvgIpc) is 2.54. The molecule has 1 aliphatic carbocycles. The summed E-state index contributed by atoms with van der Waals surface area (Å²) in [6, 6.07) is 3.67. The second kappa shape index (κ2) is 8.74. The smallest absolute Gasteiger partial charge is 0.407 e. The molecule has 2 N–H and O–H groups in total. The molecule has 0 radical (unpaired) electrons. The van der Waals surface area contributed by atoms with Crippen LogP contribution in [0.3, 0.4) is 0 Å². The first-order chi connectivity index (χ1) is 12.9. The van der Waals surface area contributed by atoms with E-state index in [2.05, 4.69) is 21.2 Å². The third-order valence-electron chi connectivity index (χ3n) is 4.52. The van der Waals surface area contributed by atoms with E-state index in [0.29, 0.717) is 17.3 Å². The molecule has 154 valence electrons. The van der Waals surface area contributed by atoms with Crippen molar-refractivity contribution in [2.45, 2.75) is 70.6 Å². The van der Waals surface area contributed by atoms with Crippen LogP contribution in [0.1, 0.15) is 63.7 Å². The summed E-state index contributed by atoms with van der Waals surface area (Å²) in [5.41, 5.74) is -0.731. The fraction of sp³-hybridized carbons (Fsp3) is 0.524. The normalized spacial score (nSPS) is 20.9. The number of benzene rings is 1. The maximum atomic E-state index is 13.3. The Labute approximate surface area is 173 Å². The predicted octanol–water partition coefficient (Wildman–Crippen LogP) is 4.92. The summed E-state index contributed by atoms with van der Waals surface area (Å²) in [7, 11) is 0. The highest BCUT2D eigenvalue weighted by Crippen LogP contribution is 2.34. The number of rotatable bonds is 5. The minimum atomic E-state index is -1.51. The summed E-state index contributed by atoms with van der Waals surface area (Å²) in [5, 5.41) is 13.6. The quantitative estimate of drug-likeness (QED) is 0.488. The van der Waals surface area contributed by atoms with Crippen LogP contribution < -0.4 is 5.32 Å². The van der Waals surface area contributed by atoms with Crippen molar-refractivity contribution in [1.29, 1.82) is 0 Å². The van der Waals surface area contributed by atoms with Crippen molar-refractivity contribution in [2.24, 2.45) is 0 Å². The van der Waals surface area contributed by atoms with Gasteiger partial charge in [-0.2, -0.15) is 0 Å². The fourth-order valence-corrected chi connectivity index (χ4v) is 3.68. The van der Waals surface area contributed by atoms with E-state index >= 15 is 0 Å². The lowest BCUT2D eigenvalue weighted by Crippen LogP contribution is -2.41. The monoisotopic (exact) mass is 455 g/mol. The molecule has 0 fully saturated rings. The number of amides is 1. The summed E-state index contributed by atoms with van der Waals surface area (Å²) in [6.07, 6.45) is 3.01. The van der Waals surface area contributed by atoms with E-state index in [9.17, 15) is 19.1 Å². The first kappa shape index (κ1) is 22.6. The molecule has 1 unspecified atom stereocenters. The zero-order valence-corrected chi connectivity index (χ0v) is 18.2. The van der Waals surface area contributed by atoms with Gasteiger partial charge in [-0.3, -0.25) is 4.79 Å². The largest absolute Gasteiger partial charge is 0.444 e. The van der Waals surface area contributed by atoms with Crippen molar-refractivity contribution in [2.75, 3.05) is 0 Å². The third kappa shape index (κ3) is 6.14. The number of Topliss-reactive ketones (excluding diaryl/α,β-unsaturated/α-hetero) is 1. The van der Waals surface area contributed by atoms with Crippen LogP contribution in [0, 0.1) is 5.82 Å². The lowest BCUT2D eigenvalue weighted by Gasteiger charge is -2.31. The molecular formula is C21H27BrFNO4. The van der Waals surface area contributed by atoms with Gasteiger partial charge >= 0.3 is 6.09 Å². The van der Waals surface area contributed by atoms with Gasteiger partial charge in [0, 0.05) is 22.5 Å². The Morgan fingerprint density at radius 1 is 1.39 bits per heavy atom. The van der Waals surface area contributed by atoms with Gasteiger partial charge in [0.2, 0.25) is 0 Å². The van der Waals surface area contributed by atoms with Crippen molar-refractivity contribution in [3.63, 3.8) is 0 Å². The fourth-order valence-electron chi connectivity index (χ4n) is 3.15. The molecule has 2 atom stereocenters. The van der Waals surface area contributed by atoms with Crippen LogP contribution in [0.5, 0.6) is 0 Å². The molecule has 1 aromatic carbocycles. The summed E-state index contributed by atoms with van der Waals surface area (Å²) >= 11 is 3.19. The van der Waals surface area contributed by atoms with Crippen LogP contribution in [-0.2, 0) is 4.74 Å². The Bertz CT molecular complexity index is 787. The van der Waals surface area contributed by atoms with E-state index in [-0.39, 0.29) is 24.4 Å². The number of alkyl carbamates (subject to hydrolysis) is 1. The zero-order chi connectivity index (χ0) is 21.1. The number of halogens is 2. The molecule has 5 nitrogen and oxygen atoms in total. The van der Waals surface area contributed by atoms with Crippen LogP contribution in [0.25, 0.3) is 0 Å². The van der Waals surface area contributed by atoms with Gasteiger partial charge in [0.15, 0.2) is 5.78 Å². The van der Waals surface area contributed by atoms with Crippen molar-refractivity contribution in [3.05, 3.63) is 45.7 Å². The summed E-state index contributed by atoms with van der Waals surface area (Å²) < 4.78 is 18.8. The predicted molar refractivity (Wildman–Crippen MR) is 109 cm³/mol. The van der Waals surface area contributed by atoms with Crippen molar-refractivity contribution < 1.29 is 23.8 Å². The number of hydrogen-bond acceptors (Lipinski definition) is 4. The third-order valence-corrected chi connectivity index (χ3v) is 5.17. The maximum absolute atomic E-state index is 13.3. The van der Waals surface area contributed by atoms with Crippen LogP contribution in [-0.4, -0.2) is 34.2 Å². The number of hydrogen-bond donors (Lipinski definition) is 2. The highest BCUT2D eigenvalue weighted by Gasteiger charge is 2.38. The molecule has 0 bridgehead atoms. The van der Waals surface area contributed by atoms with Crippen LogP contribution in [0.15, 0.2) is 34.3 Å². The summed E-state index contributed by atoms with van der Waals surface area (Å²) in [5.74, 6) is -0.873. The van der Waals surface area contributed by atoms with Gasteiger partial charge in [0.25, 0.3) is 0 Å². The molecule has 1 aliphatic rings.